The number of hydrogen-bond acceptors (Lipinski definition) is 2. The van der Waals surface area contributed by atoms with E-state index in [0.29, 0.717) is 5.92 Å². The summed E-state index contributed by atoms with van der Waals surface area (Å²) in [6.45, 7) is 16.6. The fraction of sp³-hybridized carbons (Fsp3) is 0.867. The number of unbranched alkanes of at least 4 members (excludes halogenated alkanes) is 1. The zero-order valence-electron chi connectivity index (χ0n) is 12.2. The van der Waals surface area contributed by atoms with Crippen molar-refractivity contribution in [1.82, 2.24) is 5.32 Å². The van der Waals surface area contributed by atoms with Gasteiger partial charge in [-0.25, -0.2) is 0 Å². The number of nitrogens with one attached hydrogen (secondary N) is 1. The second-order valence-electron chi connectivity index (χ2n) is 5.60. The summed E-state index contributed by atoms with van der Waals surface area (Å²) in [5, 5.41) is 3.50. The van der Waals surface area contributed by atoms with E-state index in [1.807, 2.05) is 0 Å². The van der Waals surface area contributed by atoms with Gasteiger partial charge in [-0.2, -0.15) is 0 Å². The van der Waals surface area contributed by atoms with Crippen molar-refractivity contribution in [2.45, 2.75) is 47.0 Å². The van der Waals surface area contributed by atoms with Gasteiger partial charge >= 0.3 is 0 Å². The maximum atomic E-state index is 5.62. The Kier molecular flexibility index (Phi) is 9.47. The Morgan fingerprint density at radius 3 is 2.59 bits per heavy atom. The van der Waals surface area contributed by atoms with E-state index >= 15 is 0 Å². The molecule has 0 fully saturated rings. The summed E-state index contributed by atoms with van der Waals surface area (Å²) in [6, 6.07) is 0. The van der Waals surface area contributed by atoms with Crippen LogP contribution in [0.5, 0.6) is 0 Å². The summed E-state index contributed by atoms with van der Waals surface area (Å²) < 4.78 is 5.62. The molecule has 0 aliphatic heterocycles. The first-order valence-electron chi connectivity index (χ1n) is 6.96. The standard InChI is InChI=1S/C15H31NO/c1-6-8-10-17-11-9-15(5,7-2)13-16-12-14(3)4/h7,14,16H,2,6,8-13H2,1,3-5H3. The molecule has 102 valence electrons. The molecule has 0 aliphatic rings. The van der Waals surface area contributed by atoms with Crippen LogP contribution < -0.4 is 5.32 Å². The quantitative estimate of drug-likeness (QED) is 0.440. The van der Waals surface area contributed by atoms with Gasteiger partial charge in [-0.15, -0.1) is 6.58 Å². The van der Waals surface area contributed by atoms with Crippen molar-refractivity contribution in [1.29, 1.82) is 0 Å². The van der Waals surface area contributed by atoms with Crippen molar-refractivity contribution < 1.29 is 4.74 Å². The number of ether oxygens (including phenoxy) is 1. The van der Waals surface area contributed by atoms with E-state index in [1.54, 1.807) is 0 Å². The minimum Gasteiger partial charge on any atom is -0.381 e. The summed E-state index contributed by atoms with van der Waals surface area (Å²) in [5.41, 5.74) is 0.154. The predicted octanol–water partition coefficient (Wildman–Crippen LogP) is 3.63. The van der Waals surface area contributed by atoms with E-state index in [1.165, 1.54) is 6.42 Å². The fourth-order valence-electron chi connectivity index (χ4n) is 1.56. The van der Waals surface area contributed by atoms with Gasteiger partial charge < -0.3 is 10.1 Å². The molecule has 0 spiro atoms. The lowest BCUT2D eigenvalue weighted by atomic mass is 9.87. The highest BCUT2D eigenvalue weighted by atomic mass is 16.5. The highest BCUT2D eigenvalue weighted by molar-refractivity contribution is 4.93. The maximum Gasteiger partial charge on any atom is 0.0474 e. The third kappa shape index (κ3) is 9.37. The topological polar surface area (TPSA) is 21.3 Å². The average Bonchev–Trinajstić information content (AvgIpc) is 2.28. The molecular weight excluding hydrogens is 210 g/mol. The van der Waals surface area contributed by atoms with Gasteiger partial charge in [0.25, 0.3) is 0 Å². The Balaban J connectivity index is 3.73. The molecule has 2 heteroatoms. The van der Waals surface area contributed by atoms with Crippen LogP contribution in [-0.4, -0.2) is 26.3 Å². The van der Waals surface area contributed by atoms with Crippen molar-refractivity contribution in [3.8, 4) is 0 Å². The Labute approximate surface area is 108 Å². The van der Waals surface area contributed by atoms with Gasteiger partial charge in [-0.05, 0) is 30.7 Å². The molecule has 17 heavy (non-hydrogen) atoms. The third-order valence-corrected chi connectivity index (χ3v) is 3.03. The van der Waals surface area contributed by atoms with E-state index in [-0.39, 0.29) is 5.41 Å². The largest absolute Gasteiger partial charge is 0.381 e. The molecule has 0 heterocycles. The second kappa shape index (κ2) is 9.67. The van der Waals surface area contributed by atoms with E-state index < -0.39 is 0 Å². The zero-order chi connectivity index (χ0) is 13.1. The molecule has 2 nitrogen and oxygen atoms in total. The number of rotatable bonds is 11. The van der Waals surface area contributed by atoms with E-state index in [9.17, 15) is 0 Å². The Bertz CT molecular complexity index is 191. The minimum atomic E-state index is 0.154. The molecule has 0 aromatic heterocycles. The van der Waals surface area contributed by atoms with E-state index in [2.05, 4.69) is 45.7 Å². The first-order chi connectivity index (χ1) is 8.04. The Morgan fingerprint density at radius 1 is 1.35 bits per heavy atom. The molecule has 1 unspecified atom stereocenters. The van der Waals surface area contributed by atoms with Crippen LogP contribution in [0.15, 0.2) is 12.7 Å². The lowest BCUT2D eigenvalue weighted by Crippen LogP contribution is -2.33. The zero-order valence-corrected chi connectivity index (χ0v) is 12.2. The minimum absolute atomic E-state index is 0.154. The van der Waals surface area contributed by atoms with Crippen LogP contribution in [0, 0.1) is 11.3 Å². The lowest BCUT2D eigenvalue weighted by molar-refractivity contribution is 0.107. The highest BCUT2D eigenvalue weighted by Gasteiger charge is 2.19. The smallest absolute Gasteiger partial charge is 0.0474 e. The third-order valence-electron chi connectivity index (χ3n) is 3.03. The first kappa shape index (κ1) is 16.7. The van der Waals surface area contributed by atoms with Crippen molar-refractivity contribution in [3.63, 3.8) is 0 Å². The molecule has 0 aromatic carbocycles. The lowest BCUT2D eigenvalue weighted by Gasteiger charge is -2.26. The van der Waals surface area contributed by atoms with E-state index in [4.69, 9.17) is 4.74 Å². The first-order valence-corrected chi connectivity index (χ1v) is 6.96. The molecule has 0 saturated carbocycles. The van der Waals surface area contributed by atoms with Gasteiger partial charge in [-0.1, -0.05) is 40.2 Å². The summed E-state index contributed by atoms with van der Waals surface area (Å²) in [5.74, 6) is 0.699. The van der Waals surface area contributed by atoms with Crippen molar-refractivity contribution in [3.05, 3.63) is 12.7 Å². The van der Waals surface area contributed by atoms with Crippen LogP contribution in [0.3, 0.4) is 0 Å². The average molecular weight is 241 g/mol. The summed E-state index contributed by atoms with van der Waals surface area (Å²) in [4.78, 5) is 0. The second-order valence-corrected chi connectivity index (χ2v) is 5.60. The molecule has 0 bridgehead atoms. The van der Waals surface area contributed by atoms with Crippen molar-refractivity contribution in [2.24, 2.45) is 11.3 Å². The summed E-state index contributed by atoms with van der Waals surface area (Å²) in [7, 11) is 0. The normalized spacial score (nSPS) is 14.9. The van der Waals surface area contributed by atoms with Crippen LogP contribution in [0.1, 0.15) is 47.0 Å². The molecular formula is C15H31NO. The van der Waals surface area contributed by atoms with Gasteiger partial charge in [0.05, 0.1) is 0 Å². The molecule has 0 amide bonds. The monoisotopic (exact) mass is 241 g/mol. The molecule has 0 radical (unpaired) electrons. The summed E-state index contributed by atoms with van der Waals surface area (Å²) in [6.07, 6.45) is 5.47. The van der Waals surface area contributed by atoms with Crippen molar-refractivity contribution >= 4 is 0 Å². The SMILES string of the molecule is C=CC(C)(CCOCCCC)CNCC(C)C. The fourth-order valence-corrected chi connectivity index (χ4v) is 1.56. The van der Waals surface area contributed by atoms with Crippen LogP contribution in [-0.2, 0) is 4.74 Å². The molecule has 0 aromatic rings. The Hall–Kier alpha value is -0.340. The van der Waals surface area contributed by atoms with Gasteiger partial charge in [0.15, 0.2) is 0 Å². The van der Waals surface area contributed by atoms with Gasteiger partial charge in [0.2, 0.25) is 0 Å². The van der Waals surface area contributed by atoms with Gasteiger partial charge in [0, 0.05) is 19.8 Å². The maximum absolute atomic E-state index is 5.62. The van der Waals surface area contributed by atoms with Crippen molar-refractivity contribution in [2.75, 3.05) is 26.3 Å². The predicted molar refractivity (Wildman–Crippen MR) is 76.4 cm³/mol. The number of hydrogen-bond donors (Lipinski definition) is 1. The van der Waals surface area contributed by atoms with Crippen LogP contribution in [0.25, 0.3) is 0 Å². The van der Waals surface area contributed by atoms with Crippen LogP contribution >= 0.6 is 0 Å². The summed E-state index contributed by atoms with van der Waals surface area (Å²) >= 11 is 0. The molecule has 0 rings (SSSR count). The van der Waals surface area contributed by atoms with E-state index in [0.717, 1.165) is 39.1 Å². The molecule has 1 atom stereocenters. The van der Waals surface area contributed by atoms with Crippen LogP contribution in [0.2, 0.25) is 0 Å². The molecule has 0 saturated heterocycles. The molecule has 1 N–H and O–H groups in total. The Morgan fingerprint density at radius 2 is 2.06 bits per heavy atom. The van der Waals surface area contributed by atoms with Crippen LogP contribution in [0.4, 0.5) is 0 Å². The molecule has 0 aliphatic carbocycles. The van der Waals surface area contributed by atoms with Gasteiger partial charge in [0.1, 0.15) is 0 Å². The highest BCUT2D eigenvalue weighted by Crippen LogP contribution is 2.21. The van der Waals surface area contributed by atoms with Gasteiger partial charge in [-0.3, -0.25) is 0 Å².